The first-order valence-corrected chi connectivity index (χ1v) is 9.61. The molecule has 0 unspecified atom stereocenters. The molecule has 0 saturated carbocycles. The summed E-state index contributed by atoms with van der Waals surface area (Å²) in [5, 5.41) is 20.9. The van der Waals surface area contributed by atoms with E-state index in [9.17, 15) is 15.0 Å². The number of ether oxygens (including phenoxy) is 1. The maximum Gasteiger partial charge on any atom is 0.222 e. The van der Waals surface area contributed by atoms with Gasteiger partial charge in [0.25, 0.3) is 0 Å². The molecule has 2 fully saturated rings. The molecule has 5 heteroatoms. The molecule has 3 rings (SSSR count). The predicted molar refractivity (Wildman–Crippen MR) is 100.0 cm³/mol. The standard InChI is InChI=1S/C21H31NO4/c1-15-12-16(2)14-17(13-15)4-5-18(23)22-9-6-21(7-10-22)19(24)20(3,25)8-11-26-21/h12-14,19,24-25H,4-11H2,1-3H3/t19-,20+/m0/s1. The Morgan fingerprint density at radius 1 is 1.19 bits per heavy atom. The molecule has 0 radical (unpaired) electrons. The number of likely N-dealkylation sites (tertiary alicyclic amines) is 1. The van der Waals surface area contributed by atoms with E-state index in [2.05, 4.69) is 32.0 Å². The van der Waals surface area contributed by atoms with Crippen LogP contribution >= 0.6 is 0 Å². The molecule has 26 heavy (non-hydrogen) atoms. The first kappa shape index (κ1) is 19.3. The van der Waals surface area contributed by atoms with Gasteiger partial charge >= 0.3 is 0 Å². The summed E-state index contributed by atoms with van der Waals surface area (Å²) in [6, 6.07) is 6.42. The van der Waals surface area contributed by atoms with Crippen molar-refractivity contribution >= 4 is 5.91 Å². The number of amides is 1. The first-order chi connectivity index (χ1) is 12.2. The van der Waals surface area contributed by atoms with Crippen LogP contribution in [0.2, 0.25) is 0 Å². The van der Waals surface area contributed by atoms with Crippen LogP contribution in [0.1, 0.15) is 49.3 Å². The van der Waals surface area contributed by atoms with Crippen LogP contribution < -0.4 is 0 Å². The average molecular weight is 361 g/mol. The minimum Gasteiger partial charge on any atom is -0.387 e. The molecule has 1 amide bonds. The van der Waals surface area contributed by atoms with Crippen LogP contribution in [0.25, 0.3) is 0 Å². The summed E-state index contributed by atoms with van der Waals surface area (Å²) in [4.78, 5) is 14.5. The highest BCUT2D eigenvalue weighted by Crippen LogP contribution is 2.39. The average Bonchev–Trinajstić information content (AvgIpc) is 2.57. The van der Waals surface area contributed by atoms with Crippen molar-refractivity contribution in [1.82, 2.24) is 4.90 Å². The van der Waals surface area contributed by atoms with Crippen molar-refractivity contribution in [3.63, 3.8) is 0 Å². The third kappa shape index (κ3) is 3.95. The highest BCUT2D eigenvalue weighted by atomic mass is 16.5. The van der Waals surface area contributed by atoms with Crippen molar-refractivity contribution in [3.05, 3.63) is 34.9 Å². The third-order valence-corrected chi connectivity index (χ3v) is 5.96. The van der Waals surface area contributed by atoms with Gasteiger partial charge in [-0.05, 0) is 45.6 Å². The lowest BCUT2D eigenvalue weighted by atomic mass is 9.75. The number of benzene rings is 1. The summed E-state index contributed by atoms with van der Waals surface area (Å²) < 4.78 is 5.89. The van der Waals surface area contributed by atoms with E-state index in [1.807, 2.05) is 4.90 Å². The Morgan fingerprint density at radius 3 is 2.42 bits per heavy atom. The first-order valence-electron chi connectivity index (χ1n) is 9.61. The number of carbonyl (C=O) groups excluding carboxylic acids is 1. The van der Waals surface area contributed by atoms with E-state index in [0.717, 1.165) is 6.42 Å². The lowest BCUT2D eigenvalue weighted by Crippen LogP contribution is -2.64. The number of carbonyl (C=O) groups is 1. The Kier molecular flexibility index (Phi) is 5.42. The number of piperidine rings is 1. The number of rotatable bonds is 3. The fraction of sp³-hybridized carbons (Fsp3) is 0.667. The van der Waals surface area contributed by atoms with Gasteiger partial charge in [0.2, 0.25) is 5.91 Å². The minimum absolute atomic E-state index is 0.149. The van der Waals surface area contributed by atoms with Gasteiger partial charge in [-0.3, -0.25) is 4.79 Å². The maximum atomic E-state index is 12.6. The summed E-state index contributed by atoms with van der Waals surface area (Å²) in [6.07, 6.45) is 1.91. The normalized spacial score (nSPS) is 28.3. The number of hydrogen-bond acceptors (Lipinski definition) is 4. The molecule has 2 atom stereocenters. The van der Waals surface area contributed by atoms with E-state index >= 15 is 0 Å². The Bertz CT molecular complexity index is 642. The molecule has 0 bridgehead atoms. The van der Waals surface area contributed by atoms with E-state index < -0.39 is 17.3 Å². The van der Waals surface area contributed by atoms with Crippen molar-refractivity contribution in [2.75, 3.05) is 19.7 Å². The monoisotopic (exact) mass is 361 g/mol. The van der Waals surface area contributed by atoms with Gasteiger partial charge in [-0.25, -0.2) is 0 Å². The van der Waals surface area contributed by atoms with Gasteiger partial charge in [0.15, 0.2) is 0 Å². The number of nitrogens with zero attached hydrogens (tertiary/aromatic N) is 1. The van der Waals surface area contributed by atoms with Crippen molar-refractivity contribution in [2.24, 2.45) is 0 Å². The molecule has 2 heterocycles. The quantitative estimate of drug-likeness (QED) is 0.865. The van der Waals surface area contributed by atoms with Gasteiger partial charge in [-0.1, -0.05) is 29.3 Å². The van der Waals surface area contributed by atoms with Crippen molar-refractivity contribution < 1.29 is 19.7 Å². The SMILES string of the molecule is Cc1cc(C)cc(CCC(=O)N2CCC3(CC2)OCC[C@@](C)(O)[C@@H]3O)c1. The molecule has 144 valence electrons. The molecule has 2 aliphatic rings. The second-order valence-electron chi connectivity index (χ2n) is 8.30. The second kappa shape index (κ2) is 7.29. The lowest BCUT2D eigenvalue weighted by Gasteiger charge is -2.51. The smallest absolute Gasteiger partial charge is 0.222 e. The fourth-order valence-corrected chi connectivity index (χ4v) is 4.42. The maximum absolute atomic E-state index is 12.6. The summed E-state index contributed by atoms with van der Waals surface area (Å²) in [5.74, 6) is 0.149. The van der Waals surface area contributed by atoms with Crippen LogP contribution in [0.15, 0.2) is 18.2 Å². The van der Waals surface area contributed by atoms with Crippen LogP contribution in [-0.2, 0) is 16.0 Å². The molecule has 2 N–H and O–H groups in total. The van der Waals surface area contributed by atoms with E-state index in [1.165, 1.54) is 16.7 Å². The topological polar surface area (TPSA) is 70.0 Å². The molecule has 1 spiro atoms. The summed E-state index contributed by atoms with van der Waals surface area (Å²) in [7, 11) is 0. The number of aliphatic hydroxyl groups is 2. The zero-order valence-electron chi connectivity index (χ0n) is 16.1. The molecule has 1 aromatic carbocycles. The molecule has 1 aromatic rings. The number of aryl methyl sites for hydroxylation is 3. The van der Waals surface area contributed by atoms with Crippen LogP contribution in [0.5, 0.6) is 0 Å². The van der Waals surface area contributed by atoms with Gasteiger partial charge in [0.05, 0.1) is 12.2 Å². The fourth-order valence-electron chi connectivity index (χ4n) is 4.42. The van der Waals surface area contributed by atoms with E-state index in [-0.39, 0.29) is 5.91 Å². The predicted octanol–water partition coefficient (Wildman–Crippen LogP) is 2.13. The second-order valence-corrected chi connectivity index (χ2v) is 8.30. The van der Waals surface area contributed by atoms with E-state index in [4.69, 9.17) is 4.74 Å². The highest BCUT2D eigenvalue weighted by molar-refractivity contribution is 5.76. The Morgan fingerprint density at radius 2 is 1.81 bits per heavy atom. The van der Waals surface area contributed by atoms with Crippen molar-refractivity contribution in [2.45, 2.75) is 70.2 Å². The Hall–Kier alpha value is -1.43. The Labute approximate surface area is 156 Å². The molecule has 2 aliphatic heterocycles. The highest BCUT2D eigenvalue weighted by Gasteiger charge is 2.52. The van der Waals surface area contributed by atoms with Gasteiger partial charge in [-0.2, -0.15) is 0 Å². The van der Waals surface area contributed by atoms with Crippen LogP contribution in [-0.4, -0.2) is 58.0 Å². The van der Waals surface area contributed by atoms with Crippen molar-refractivity contribution in [1.29, 1.82) is 0 Å². The Balaban J connectivity index is 1.55. The minimum atomic E-state index is -1.12. The lowest BCUT2D eigenvalue weighted by molar-refractivity contribution is -0.245. The van der Waals surface area contributed by atoms with E-state index in [1.54, 1.807) is 6.92 Å². The largest absolute Gasteiger partial charge is 0.387 e. The summed E-state index contributed by atoms with van der Waals surface area (Å²) in [5.41, 5.74) is 1.82. The number of hydrogen-bond donors (Lipinski definition) is 2. The zero-order chi connectivity index (χ0) is 18.9. The molecule has 0 aliphatic carbocycles. The number of aliphatic hydroxyl groups excluding tert-OH is 1. The molecule has 5 nitrogen and oxygen atoms in total. The zero-order valence-corrected chi connectivity index (χ0v) is 16.1. The molecular weight excluding hydrogens is 330 g/mol. The van der Waals surface area contributed by atoms with Crippen LogP contribution in [0.4, 0.5) is 0 Å². The third-order valence-electron chi connectivity index (χ3n) is 5.96. The molecular formula is C21H31NO4. The van der Waals surface area contributed by atoms with Crippen LogP contribution in [0, 0.1) is 13.8 Å². The van der Waals surface area contributed by atoms with Crippen LogP contribution in [0.3, 0.4) is 0 Å². The van der Waals surface area contributed by atoms with Gasteiger partial charge in [-0.15, -0.1) is 0 Å². The molecule has 2 saturated heterocycles. The van der Waals surface area contributed by atoms with E-state index in [0.29, 0.717) is 45.4 Å². The van der Waals surface area contributed by atoms with Gasteiger partial charge in [0, 0.05) is 25.9 Å². The summed E-state index contributed by atoms with van der Waals surface area (Å²) >= 11 is 0. The van der Waals surface area contributed by atoms with Gasteiger partial charge in [0.1, 0.15) is 11.7 Å². The molecule has 0 aromatic heterocycles. The van der Waals surface area contributed by atoms with Crippen molar-refractivity contribution in [3.8, 4) is 0 Å². The summed E-state index contributed by atoms with van der Waals surface area (Å²) in [6.45, 7) is 7.41. The van der Waals surface area contributed by atoms with Gasteiger partial charge < -0.3 is 19.8 Å².